The molecule has 2 bridgehead atoms. The van der Waals surface area contributed by atoms with Crippen molar-refractivity contribution in [1.29, 1.82) is 0 Å². The van der Waals surface area contributed by atoms with Gasteiger partial charge in [0.2, 0.25) is 0 Å². The standard InChI is InChI=1S/C15H26N2/c1-4-6-7-15(16-5-2)12-10-13-8-9-14(11-12)17(13)3/h12-16H,5,7-11H2,1-3H3. The Morgan fingerprint density at radius 1 is 1.29 bits per heavy atom. The lowest BCUT2D eigenvalue weighted by atomic mass is 9.84. The van der Waals surface area contributed by atoms with E-state index in [0.29, 0.717) is 6.04 Å². The molecule has 2 fully saturated rings. The number of fused-ring (bicyclic) bond motifs is 2. The molecule has 3 unspecified atom stereocenters. The molecule has 0 saturated carbocycles. The van der Waals surface area contributed by atoms with E-state index in [0.717, 1.165) is 31.0 Å². The Hall–Kier alpha value is -0.520. The molecular weight excluding hydrogens is 208 g/mol. The van der Waals surface area contributed by atoms with Gasteiger partial charge in [-0.1, -0.05) is 6.92 Å². The Bertz CT molecular complexity index is 288. The highest BCUT2D eigenvalue weighted by Crippen LogP contribution is 2.39. The SMILES string of the molecule is CC#CCC(NCC)C1CC2CCC(C1)N2C. The van der Waals surface area contributed by atoms with Crippen molar-refractivity contribution in [3.63, 3.8) is 0 Å². The summed E-state index contributed by atoms with van der Waals surface area (Å²) in [7, 11) is 2.31. The highest BCUT2D eigenvalue weighted by molar-refractivity contribution is 5.03. The first-order valence-corrected chi connectivity index (χ1v) is 7.11. The third kappa shape index (κ3) is 2.84. The lowest BCUT2D eigenvalue weighted by Gasteiger charge is -2.39. The van der Waals surface area contributed by atoms with Crippen LogP contribution in [0.1, 0.15) is 46.0 Å². The highest BCUT2D eigenvalue weighted by Gasteiger charge is 2.40. The summed E-state index contributed by atoms with van der Waals surface area (Å²) in [6.45, 7) is 5.22. The van der Waals surface area contributed by atoms with Crippen LogP contribution in [0.2, 0.25) is 0 Å². The lowest BCUT2D eigenvalue weighted by molar-refractivity contribution is 0.113. The van der Waals surface area contributed by atoms with Crippen LogP contribution in [0.3, 0.4) is 0 Å². The number of hydrogen-bond donors (Lipinski definition) is 1. The van der Waals surface area contributed by atoms with Crippen LogP contribution in [-0.4, -0.2) is 36.6 Å². The second kappa shape index (κ2) is 5.89. The molecule has 2 rings (SSSR count). The van der Waals surface area contributed by atoms with Crippen molar-refractivity contribution in [1.82, 2.24) is 10.2 Å². The Labute approximate surface area is 106 Å². The van der Waals surface area contributed by atoms with Gasteiger partial charge in [-0.3, -0.25) is 0 Å². The van der Waals surface area contributed by atoms with Gasteiger partial charge < -0.3 is 10.2 Å². The van der Waals surface area contributed by atoms with Gasteiger partial charge in [-0.05, 0) is 52.1 Å². The smallest absolute Gasteiger partial charge is 0.0245 e. The minimum atomic E-state index is 0.615. The van der Waals surface area contributed by atoms with Crippen LogP contribution >= 0.6 is 0 Å². The first-order chi connectivity index (χ1) is 8.26. The normalized spacial score (nSPS) is 34.2. The lowest BCUT2D eigenvalue weighted by Crippen LogP contribution is -2.46. The molecule has 0 spiro atoms. The molecule has 17 heavy (non-hydrogen) atoms. The fourth-order valence-electron chi connectivity index (χ4n) is 3.66. The summed E-state index contributed by atoms with van der Waals surface area (Å²) in [5.74, 6) is 7.15. The van der Waals surface area contributed by atoms with Crippen LogP contribution in [0.4, 0.5) is 0 Å². The zero-order valence-electron chi connectivity index (χ0n) is 11.5. The van der Waals surface area contributed by atoms with Crippen molar-refractivity contribution in [2.75, 3.05) is 13.6 Å². The molecule has 0 amide bonds. The van der Waals surface area contributed by atoms with Crippen LogP contribution in [-0.2, 0) is 0 Å². The van der Waals surface area contributed by atoms with Crippen molar-refractivity contribution in [2.24, 2.45) is 5.92 Å². The van der Waals surface area contributed by atoms with E-state index in [-0.39, 0.29) is 0 Å². The maximum absolute atomic E-state index is 3.65. The molecule has 2 heterocycles. The second-order valence-corrected chi connectivity index (χ2v) is 5.58. The van der Waals surface area contributed by atoms with Gasteiger partial charge in [-0.15, -0.1) is 11.8 Å². The first-order valence-electron chi connectivity index (χ1n) is 7.11. The predicted molar refractivity (Wildman–Crippen MR) is 72.8 cm³/mol. The zero-order valence-corrected chi connectivity index (χ0v) is 11.5. The maximum atomic E-state index is 3.65. The van der Waals surface area contributed by atoms with Gasteiger partial charge in [0, 0.05) is 24.5 Å². The quantitative estimate of drug-likeness (QED) is 0.751. The number of nitrogens with zero attached hydrogens (tertiary/aromatic N) is 1. The maximum Gasteiger partial charge on any atom is 0.0245 e. The number of piperidine rings is 1. The van der Waals surface area contributed by atoms with E-state index in [9.17, 15) is 0 Å². The Balaban J connectivity index is 1.97. The Kier molecular flexibility index (Phi) is 4.48. The van der Waals surface area contributed by atoms with Crippen LogP contribution in [0.15, 0.2) is 0 Å². The molecule has 0 aliphatic carbocycles. The van der Waals surface area contributed by atoms with Crippen molar-refractivity contribution >= 4 is 0 Å². The second-order valence-electron chi connectivity index (χ2n) is 5.58. The summed E-state index contributed by atoms with van der Waals surface area (Å²) in [6, 6.07) is 2.30. The summed E-state index contributed by atoms with van der Waals surface area (Å²) in [6.07, 6.45) is 6.59. The molecule has 2 aliphatic heterocycles. The van der Waals surface area contributed by atoms with Crippen molar-refractivity contribution in [3.05, 3.63) is 0 Å². The van der Waals surface area contributed by atoms with E-state index in [2.05, 4.69) is 36.0 Å². The average molecular weight is 234 g/mol. The molecule has 2 nitrogen and oxygen atoms in total. The van der Waals surface area contributed by atoms with E-state index in [1.54, 1.807) is 0 Å². The molecule has 0 aromatic carbocycles. The molecule has 2 heteroatoms. The average Bonchev–Trinajstić information content (AvgIpc) is 2.56. The zero-order chi connectivity index (χ0) is 12.3. The van der Waals surface area contributed by atoms with Crippen molar-refractivity contribution < 1.29 is 0 Å². The topological polar surface area (TPSA) is 15.3 Å². The van der Waals surface area contributed by atoms with Crippen LogP contribution < -0.4 is 5.32 Å². The van der Waals surface area contributed by atoms with E-state index in [1.807, 2.05) is 6.92 Å². The molecule has 96 valence electrons. The molecule has 3 atom stereocenters. The van der Waals surface area contributed by atoms with E-state index >= 15 is 0 Å². The molecular formula is C15H26N2. The monoisotopic (exact) mass is 234 g/mol. The largest absolute Gasteiger partial charge is 0.313 e. The Morgan fingerprint density at radius 3 is 2.47 bits per heavy atom. The van der Waals surface area contributed by atoms with Gasteiger partial charge in [-0.2, -0.15) is 0 Å². The molecule has 2 aliphatic rings. The van der Waals surface area contributed by atoms with Gasteiger partial charge in [0.05, 0.1) is 0 Å². The summed E-state index contributed by atoms with van der Waals surface area (Å²) in [5, 5.41) is 3.65. The van der Waals surface area contributed by atoms with Gasteiger partial charge in [-0.25, -0.2) is 0 Å². The van der Waals surface area contributed by atoms with Gasteiger partial charge in [0.25, 0.3) is 0 Å². The third-order valence-electron chi connectivity index (χ3n) is 4.67. The predicted octanol–water partition coefficient (Wildman–Crippen LogP) is 2.25. The minimum Gasteiger partial charge on any atom is -0.313 e. The highest BCUT2D eigenvalue weighted by atomic mass is 15.2. The number of nitrogens with one attached hydrogen (secondary N) is 1. The van der Waals surface area contributed by atoms with Gasteiger partial charge in [0.15, 0.2) is 0 Å². The third-order valence-corrected chi connectivity index (χ3v) is 4.67. The van der Waals surface area contributed by atoms with Gasteiger partial charge in [0.1, 0.15) is 0 Å². The van der Waals surface area contributed by atoms with Crippen molar-refractivity contribution in [2.45, 2.75) is 64.1 Å². The summed E-state index contributed by atoms with van der Waals surface area (Å²) < 4.78 is 0. The Morgan fingerprint density at radius 2 is 1.94 bits per heavy atom. The minimum absolute atomic E-state index is 0.615. The van der Waals surface area contributed by atoms with Crippen molar-refractivity contribution in [3.8, 4) is 11.8 Å². The van der Waals surface area contributed by atoms with E-state index in [1.165, 1.54) is 25.7 Å². The summed E-state index contributed by atoms with van der Waals surface area (Å²) in [4.78, 5) is 2.62. The summed E-state index contributed by atoms with van der Waals surface area (Å²) in [5.41, 5.74) is 0. The van der Waals surface area contributed by atoms with E-state index in [4.69, 9.17) is 0 Å². The molecule has 2 saturated heterocycles. The molecule has 0 radical (unpaired) electrons. The number of hydrogen-bond acceptors (Lipinski definition) is 2. The fraction of sp³-hybridized carbons (Fsp3) is 0.867. The van der Waals surface area contributed by atoms with Gasteiger partial charge >= 0.3 is 0 Å². The van der Waals surface area contributed by atoms with Crippen LogP contribution in [0, 0.1) is 17.8 Å². The molecule has 0 aromatic rings. The number of rotatable bonds is 4. The summed E-state index contributed by atoms with van der Waals surface area (Å²) >= 11 is 0. The van der Waals surface area contributed by atoms with Crippen LogP contribution in [0.25, 0.3) is 0 Å². The van der Waals surface area contributed by atoms with E-state index < -0.39 is 0 Å². The van der Waals surface area contributed by atoms with Crippen LogP contribution in [0.5, 0.6) is 0 Å². The first kappa shape index (κ1) is 12.9. The molecule has 1 N–H and O–H groups in total. The molecule has 0 aromatic heterocycles. The fourth-order valence-corrected chi connectivity index (χ4v) is 3.66.